The van der Waals surface area contributed by atoms with Gasteiger partial charge in [0.15, 0.2) is 0 Å². The van der Waals surface area contributed by atoms with Crippen LogP contribution in [0.2, 0.25) is 0 Å². The number of anilines is 1. The molecule has 2 unspecified atom stereocenters. The number of aryl methyl sites for hydroxylation is 1. The molecule has 1 aromatic carbocycles. The predicted molar refractivity (Wildman–Crippen MR) is 80.2 cm³/mol. The molecule has 1 aromatic heterocycles. The van der Waals surface area contributed by atoms with Gasteiger partial charge in [-0.15, -0.1) is 0 Å². The van der Waals surface area contributed by atoms with E-state index >= 15 is 0 Å². The minimum Gasteiger partial charge on any atom is -0.369 e. The fourth-order valence-electron chi connectivity index (χ4n) is 3.53. The van der Waals surface area contributed by atoms with Crippen molar-refractivity contribution in [1.29, 1.82) is 0 Å². The minimum absolute atomic E-state index is 0.508. The van der Waals surface area contributed by atoms with Crippen LogP contribution in [0.4, 0.5) is 5.95 Å². The number of para-hydroxylation sites is 1. The molecular formula is C16H23N3. The SMILES string of the molecule is Cc1cccc2nc(N)n(C3CCCCCC3C)c12. The summed E-state index contributed by atoms with van der Waals surface area (Å²) < 4.78 is 2.31. The highest BCUT2D eigenvalue weighted by atomic mass is 15.2. The fraction of sp³-hybridized carbons (Fsp3) is 0.562. The van der Waals surface area contributed by atoms with Gasteiger partial charge in [-0.1, -0.05) is 38.3 Å². The highest BCUT2D eigenvalue weighted by Crippen LogP contribution is 2.37. The van der Waals surface area contributed by atoms with Crippen LogP contribution < -0.4 is 5.73 Å². The number of imidazole rings is 1. The molecule has 1 heterocycles. The highest BCUT2D eigenvalue weighted by Gasteiger charge is 2.25. The average Bonchev–Trinajstić information content (AvgIpc) is 2.57. The Hall–Kier alpha value is -1.51. The van der Waals surface area contributed by atoms with Crippen LogP contribution in [0.25, 0.3) is 11.0 Å². The number of hydrogen-bond acceptors (Lipinski definition) is 2. The molecular weight excluding hydrogens is 234 g/mol. The number of fused-ring (bicyclic) bond motifs is 1. The number of rotatable bonds is 1. The van der Waals surface area contributed by atoms with Crippen LogP contribution in [0.1, 0.15) is 50.6 Å². The van der Waals surface area contributed by atoms with Gasteiger partial charge in [-0.05, 0) is 37.3 Å². The quantitative estimate of drug-likeness (QED) is 0.783. The zero-order chi connectivity index (χ0) is 13.4. The van der Waals surface area contributed by atoms with Gasteiger partial charge in [0, 0.05) is 6.04 Å². The number of aromatic nitrogens is 2. The first kappa shape index (κ1) is 12.5. The van der Waals surface area contributed by atoms with E-state index in [1.807, 2.05) is 0 Å². The Bertz CT molecular complexity index is 585. The summed E-state index contributed by atoms with van der Waals surface area (Å²) in [5, 5.41) is 0. The first-order valence-corrected chi connectivity index (χ1v) is 7.41. The lowest BCUT2D eigenvalue weighted by Gasteiger charge is -2.25. The summed E-state index contributed by atoms with van der Waals surface area (Å²) in [6.07, 6.45) is 6.54. The van der Waals surface area contributed by atoms with E-state index in [1.165, 1.54) is 43.2 Å². The Balaban J connectivity index is 2.15. The second kappa shape index (κ2) is 4.87. The van der Waals surface area contributed by atoms with Crippen LogP contribution in [-0.4, -0.2) is 9.55 Å². The van der Waals surface area contributed by atoms with Gasteiger partial charge in [-0.25, -0.2) is 4.98 Å². The topological polar surface area (TPSA) is 43.8 Å². The van der Waals surface area contributed by atoms with Crippen LogP contribution >= 0.6 is 0 Å². The molecule has 1 aliphatic carbocycles. The summed E-state index contributed by atoms with van der Waals surface area (Å²) in [6, 6.07) is 6.79. The van der Waals surface area contributed by atoms with Crippen molar-refractivity contribution < 1.29 is 0 Å². The molecule has 0 amide bonds. The molecule has 3 rings (SSSR count). The van der Waals surface area contributed by atoms with Crippen molar-refractivity contribution in [3.05, 3.63) is 23.8 Å². The molecule has 19 heavy (non-hydrogen) atoms. The van der Waals surface area contributed by atoms with Gasteiger partial charge in [-0.2, -0.15) is 0 Å². The lowest BCUT2D eigenvalue weighted by Crippen LogP contribution is -2.18. The number of nitrogens with two attached hydrogens (primary N) is 1. The van der Waals surface area contributed by atoms with Gasteiger partial charge in [0.2, 0.25) is 5.95 Å². The Morgan fingerprint density at radius 3 is 2.84 bits per heavy atom. The highest BCUT2D eigenvalue weighted by molar-refractivity contribution is 5.81. The van der Waals surface area contributed by atoms with Crippen molar-refractivity contribution >= 4 is 17.0 Å². The van der Waals surface area contributed by atoms with Crippen molar-refractivity contribution in [3.63, 3.8) is 0 Å². The second-order valence-corrected chi connectivity index (χ2v) is 5.97. The van der Waals surface area contributed by atoms with Crippen LogP contribution in [0.15, 0.2) is 18.2 Å². The molecule has 0 bridgehead atoms. The molecule has 0 saturated heterocycles. The van der Waals surface area contributed by atoms with Gasteiger partial charge < -0.3 is 10.3 Å². The molecule has 1 saturated carbocycles. The van der Waals surface area contributed by atoms with E-state index in [0.29, 0.717) is 17.9 Å². The number of benzene rings is 1. The summed E-state index contributed by atoms with van der Waals surface area (Å²) in [6.45, 7) is 4.51. The van der Waals surface area contributed by atoms with Crippen LogP contribution in [0.5, 0.6) is 0 Å². The van der Waals surface area contributed by atoms with Crippen molar-refractivity contribution in [2.24, 2.45) is 5.92 Å². The monoisotopic (exact) mass is 257 g/mol. The standard InChI is InChI=1S/C16H23N3/c1-11-7-4-3-5-10-14(11)19-15-12(2)8-6-9-13(15)18-16(19)17/h6,8-9,11,14H,3-5,7,10H2,1-2H3,(H2,17,18). The lowest BCUT2D eigenvalue weighted by molar-refractivity contribution is 0.344. The Kier molecular flexibility index (Phi) is 3.21. The van der Waals surface area contributed by atoms with Crippen molar-refractivity contribution in [2.75, 3.05) is 5.73 Å². The molecule has 0 radical (unpaired) electrons. The molecule has 1 fully saturated rings. The largest absolute Gasteiger partial charge is 0.369 e. The second-order valence-electron chi connectivity index (χ2n) is 5.97. The summed E-state index contributed by atoms with van der Waals surface area (Å²) >= 11 is 0. The van der Waals surface area contributed by atoms with E-state index in [1.54, 1.807) is 0 Å². The molecule has 2 atom stereocenters. The fourth-order valence-corrected chi connectivity index (χ4v) is 3.53. The minimum atomic E-state index is 0.508. The first-order chi connectivity index (χ1) is 9.18. The Morgan fingerprint density at radius 1 is 1.21 bits per heavy atom. The average molecular weight is 257 g/mol. The third-order valence-corrected chi connectivity index (χ3v) is 4.59. The van der Waals surface area contributed by atoms with Gasteiger partial charge in [0.1, 0.15) is 0 Å². The Labute approximate surface area is 114 Å². The predicted octanol–water partition coefficient (Wildman–Crippen LogP) is 4.07. The smallest absolute Gasteiger partial charge is 0.201 e. The molecule has 2 N–H and O–H groups in total. The molecule has 3 heteroatoms. The number of nitrogen functional groups attached to an aromatic ring is 1. The molecule has 0 aliphatic heterocycles. The van der Waals surface area contributed by atoms with Crippen LogP contribution in [0.3, 0.4) is 0 Å². The maximum Gasteiger partial charge on any atom is 0.201 e. The molecule has 3 nitrogen and oxygen atoms in total. The molecule has 1 aliphatic rings. The van der Waals surface area contributed by atoms with E-state index in [4.69, 9.17) is 5.73 Å². The Morgan fingerprint density at radius 2 is 2.00 bits per heavy atom. The van der Waals surface area contributed by atoms with Crippen molar-refractivity contribution in [2.45, 2.75) is 52.0 Å². The summed E-state index contributed by atoms with van der Waals surface area (Å²) in [5.74, 6) is 1.37. The number of nitrogens with zero attached hydrogens (tertiary/aromatic N) is 2. The third kappa shape index (κ3) is 2.11. The maximum absolute atomic E-state index is 6.22. The summed E-state index contributed by atoms with van der Waals surface area (Å²) in [5.41, 5.74) is 9.77. The van der Waals surface area contributed by atoms with Gasteiger partial charge >= 0.3 is 0 Å². The normalized spacial score (nSPS) is 24.5. The zero-order valence-electron chi connectivity index (χ0n) is 11.9. The van der Waals surface area contributed by atoms with E-state index in [9.17, 15) is 0 Å². The van der Waals surface area contributed by atoms with E-state index in [-0.39, 0.29) is 0 Å². The molecule has 0 spiro atoms. The van der Waals surface area contributed by atoms with Gasteiger partial charge in [0.25, 0.3) is 0 Å². The van der Waals surface area contributed by atoms with Gasteiger partial charge in [0.05, 0.1) is 11.0 Å². The molecule has 2 aromatic rings. The summed E-state index contributed by atoms with van der Waals surface area (Å²) in [4.78, 5) is 4.55. The van der Waals surface area contributed by atoms with E-state index in [2.05, 4.69) is 41.6 Å². The van der Waals surface area contributed by atoms with Gasteiger partial charge in [-0.3, -0.25) is 0 Å². The van der Waals surface area contributed by atoms with Crippen LogP contribution in [-0.2, 0) is 0 Å². The maximum atomic E-state index is 6.22. The third-order valence-electron chi connectivity index (χ3n) is 4.59. The molecule has 102 valence electrons. The van der Waals surface area contributed by atoms with E-state index < -0.39 is 0 Å². The van der Waals surface area contributed by atoms with Crippen LogP contribution in [0, 0.1) is 12.8 Å². The lowest BCUT2D eigenvalue weighted by atomic mass is 9.96. The van der Waals surface area contributed by atoms with E-state index in [0.717, 1.165) is 5.52 Å². The zero-order valence-corrected chi connectivity index (χ0v) is 11.9. The summed E-state index contributed by atoms with van der Waals surface area (Å²) in [7, 11) is 0. The van der Waals surface area contributed by atoms with Crippen molar-refractivity contribution in [1.82, 2.24) is 9.55 Å². The first-order valence-electron chi connectivity index (χ1n) is 7.41. The number of hydrogen-bond donors (Lipinski definition) is 1. The van der Waals surface area contributed by atoms with Crippen molar-refractivity contribution in [3.8, 4) is 0 Å².